The van der Waals surface area contributed by atoms with E-state index in [4.69, 9.17) is 4.74 Å². The number of sulfonamides is 1. The van der Waals surface area contributed by atoms with Gasteiger partial charge < -0.3 is 9.84 Å². The largest absolute Gasteiger partial charge is 0.389 e. The van der Waals surface area contributed by atoms with E-state index < -0.39 is 16.1 Å². The number of methoxy groups -OCH3 is 1. The first-order chi connectivity index (χ1) is 8.92. The highest BCUT2D eigenvalue weighted by Crippen LogP contribution is 2.24. The van der Waals surface area contributed by atoms with Crippen molar-refractivity contribution in [2.45, 2.75) is 42.9 Å². The van der Waals surface area contributed by atoms with Crippen LogP contribution in [-0.2, 0) is 14.8 Å². The lowest BCUT2D eigenvalue weighted by molar-refractivity contribution is 0.0236. The molecule has 1 unspecified atom stereocenters. The standard InChI is InChI=1S/C13H19NO4S/c1-9(15)10-3-5-13(6-4-10)19(16,17)14-11-7-12(8-11)18-2/h3-6,9,11-12,14-15H,7-8H2,1-2H3. The third kappa shape index (κ3) is 3.33. The molecule has 106 valence electrons. The van der Waals surface area contributed by atoms with Crippen molar-refractivity contribution < 1.29 is 18.3 Å². The van der Waals surface area contributed by atoms with Gasteiger partial charge in [-0.05, 0) is 37.5 Å². The molecule has 0 amide bonds. The molecule has 5 nitrogen and oxygen atoms in total. The number of ether oxygens (including phenoxy) is 1. The van der Waals surface area contributed by atoms with E-state index in [-0.39, 0.29) is 17.0 Å². The quantitative estimate of drug-likeness (QED) is 0.852. The van der Waals surface area contributed by atoms with Crippen LogP contribution in [0.3, 0.4) is 0 Å². The van der Waals surface area contributed by atoms with Crippen molar-refractivity contribution in [3.05, 3.63) is 29.8 Å². The lowest BCUT2D eigenvalue weighted by Crippen LogP contribution is -2.47. The predicted molar refractivity (Wildman–Crippen MR) is 71.2 cm³/mol. The summed E-state index contributed by atoms with van der Waals surface area (Å²) in [4.78, 5) is 0.220. The molecule has 0 spiro atoms. The van der Waals surface area contributed by atoms with E-state index >= 15 is 0 Å². The first kappa shape index (κ1) is 14.5. The van der Waals surface area contributed by atoms with E-state index in [2.05, 4.69) is 4.72 Å². The molecule has 19 heavy (non-hydrogen) atoms. The molecule has 1 saturated carbocycles. The minimum absolute atomic E-state index is 0.0496. The lowest BCUT2D eigenvalue weighted by atomic mass is 9.90. The summed E-state index contributed by atoms with van der Waals surface area (Å²) < 4.78 is 32.0. The summed E-state index contributed by atoms with van der Waals surface area (Å²) in [6, 6.07) is 6.22. The summed E-state index contributed by atoms with van der Waals surface area (Å²) in [6.45, 7) is 1.64. The highest BCUT2D eigenvalue weighted by Gasteiger charge is 2.32. The van der Waals surface area contributed by atoms with Gasteiger partial charge in [0.15, 0.2) is 0 Å². The number of aliphatic hydroxyl groups is 1. The highest BCUT2D eigenvalue weighted by atomic mass is 32.2. The fraction of sp³-hybridized carbons (Fsp3) is 0.538. The zero-order valence-corrected chi connectivity index (χ0v) is 11.9. The number of hydrogen-bond acceptors (Lipinski definition) is 4. The maximum absolute atomic E-state index is 12.1. The van der Waals surface area contributed by atoms with Crippen LogP contribution in [-0.4, -0.2) is 32.8 Å². The van der Waals surface area contributed by atoms with Crippen LogP contribution in [0.5, 0.6) is 0 Å². The van der Waals surface area contributed by atoms with E-state index in [9.17, 15) is 13.5 Å². The van der Waals surface area contributed by atoms with Crippen LogP contribution in [0.25, 0.3) is 0 Å². The van der Waals surface area contributed by atoms with Gasteiger partial charge in [-0.25, -0.2) is 13.1 Å². The van der Waals surface area contributed by atoms with E-state index in [0.29, 0.717) is 18.4 Å². The van der Waals surface area contributed by atoms with Crippen molar-refractivity contribution in [2.24, 2.45) is 0 Å². The average molecular weight is 285 g/mol. The molecule has 0 aromatic heterocycles. The molecule has 1 aromatic rings. The fourth-order valence-corrected chi connectivity index (χ4v) is 3.33. The minimum atomic E-state index is -3.48. The molecule has 0 aliphatic heterocycles. The van der Waals surface area contributed by atoms with Crippen LogP contribution in [0.2, 0.25) is 0 Å². The topological polar surface area (TPSA) is 75.6 Å². The molecular weight excluding hydrogens is 266 g/mol. The Labute approximate surface area is 113 Å². The molecular formula is C13H19NO4S. The highest BCUT2D eigenvalue weighted by molar-refractivity contribution is 7.89. The summed E-state index contributed by atoms with van der Waals surface area (Å²) in [5, 5.41) is 9.39. The first-order valence-corrected chi connectivity index (χ1v) is 7.74. The third-order valence-corrected chi connectivity index (χ3v) is 4.96. The monoisotopic (exact) mass is 285 g/mol. The van der Waals surface area contributed by atoms with E-state index in [0.717, 1.165) is 0 Å². The summed E-state index contributed by atoms with van der Waals surface area (Å²) in [5.41, 5.74) is 0.696. The second kappa shape index (κ2) is 5.58. The van der Waals surface area contributed by atoms with Gasteiger partial charge in [0.25, 0.3) is 0 Å². The molecule has 0 saturated heterocycles. The van der Waals surface area contributed by atoms with Crippen LogP contribution in [0, 0.1) is 0 Å². The number of benzene rings is 1. The molecule has 1 aliphatic rings. The Hall–Kier alpha value is -0.950. The molecule has 2 N–H and O–H groups in total. The van der Waals surface area contributed by atoms with Crippen molar-refractivity contribution in [2.75, 3.05) is 7.11 Å². The van der Waals surface area contributed by atoms with E-state index in [1.807, 2.05) is 0 Å². The maximum atomic E-state index is 12.1. The maximum Gasteiger partial charge on any atom is 0.240 e. The molecule has 6 heteroatoms. The Kier molecular flexibility index (Phi) is 4.25. The molecule has 0 bridgehead atoms. The minimum Gasteiger partial charge on any atom is -0.389 e. The third-order valence-electron chi connectivity index (χ3n) is 3.42. The van der Waals surface area contributed by atoms with Crippen molar-refractivity contribution in [1.29, 1.82) is 0 Å². The van der Waals surface area contributed by atoms with Crippen LogP contribution in [0.4, 0.5) is 0 Å². The van der Waals surface area contributed by atoms with Crippen molar-refractivity contribution >= 4 is 10.0 Å². The number of hydrogen-bond donors (Lipinski definition) is 2. The number of aliphatic hydroxyl groups excluding tert-OH is 1. The van der Waals surface area contributed by atoms with Crippen molar-refractivity contribution in [3.8, 4) is 0 Å². The Morgan fingerprint density at radius 3 is 2.37 bits per heavy atom. The van der Waals surface area contributed by atoms with Gasteiger partial charge in [-0.2, -0.15) is 0 Å². The summed E-state index contributed by atoms with van der Waals surface area (Å²) in [7, 11) is -1.85. The average Bonchev–Trinajstić information content (AvgIpc) is 2.33. The predicted octanol–water partition coefficient (Wildman–Crippen LogP) is 1.20. The van der Waals surface area contributed by atoms with Crippen LogP contribution >= 0.6 is 0 Å². The van der Waals surface area contributed by atoms with Crippen LogP contribution in [0.15, 0.2) is 29.2 Å². The van der Waals surface area contributed by atoms with Gasteiger partial charge in [0.2, 0.25) is 10.0 Å². The molecule has 0 radical (unpaired) electrons. The molecule has 0 heterocycles. The van der Waals surface area contributed by atoms with Crippen molar-refractivity contribution in [3.63, 3.8) is 0 Å². The number of nitrogens with one attached hydrogen (secondary N) is 1. The Balaban J connectivity index is 2.03. The summed E-state index contributed by atoms with van der Waals surface area (Å²) in [5.74, 6) is 0. The second-order valence-corrected chi connectivity index (χ2v) is 6.61. The number of rotatable bonds is 5. The Bertz CT molecular complexity index is 518. The Morgan fingerprint density at radius 2 is 1.89 bits per heavy atom. The molecule has 2 rings (SSSR count). The van der Waals surface area contributed by atoms with E-state index in [1.54, 1.807) is 26.2 Å². The van der Waals surface area contributed by atoms with Gasteiger partial charge >= 0.3 is 0 Å². The smallest absolute Gasteiger partial charge is 0.240 e. The summed E-state index contributed by atoms with van der Waals surface area (Å²) >= 11 is 0. The van der Waals surface area contributed by atoms with Gasteiger partial charge in [-0.15, -0.1) is 0 Å². The van der Waals surface area contributed by atoms with E-state index in [1.165, 1.54) is 12.1 Å². The van der Waals surface area contributed by atoms with Crippen LogP contribution < -0.4 is 4.72 Å². The van der Waals surface area contributed by atoms with Gasteiger partial charge in [0, 0.05) is 13.2 Å². The zero-order chi connectivity index (χ0) is 14.0. The lowest BCUT2D eigenvalue weighted by Gasteiger charge is -2.34. The van der Waals surface area contributed by atoms with Gasteiger partial charge in [-0.1, -0.05) is 12.1 Å². The Morgan fingerprint density at radius 1 is 1.32 bits per heavy atom. The fourth-order valence-electron chi connectivity index (χ4n) is 2.07. The van der Waals surface area contributed by atoms with Gasteiger partial charge in [0.1, 0.15) is 0 Å². The zero-order valence-electron chi connectivity index (χ0n) is 11.0. The first-order valence-electron chi connectivity index (χ1n) is 6.25. The molecule has 1 aliphatic carbocycles. The van der Waals surface area contributed by atoms with Gasteiger partial charge in [0.05, 0.1) is 17.1 Å². The normalized spacial score (nSPS) is 24.8. The second-order valence-electron chi connectivity index (χ2n) is 4.89. The molecule has 1 atom stereocenters. The van der Waals surface area contributed by atoms with Gasteiger partial charge in [-0.3, -0.25) is 0 Å². The van der Waals surface area contributed by atoms with Crippen LogP contribution in [0.1, 0.15) is 31.4 Å². The SMILES string of the molecule is COC1CC(NS(=O)(=O)c2ccc(C(C)O)cc2)C1. The summed E-state index contributed by atoms with van der Waals surface area (Å²) in [6.07, 6.45) is 0.979. The molecule has 1 aromatic carbocycles. The molecule has 1 fully saturated rings. The van der Waals surface area contributed by atoms with Crippen molar-refractivity contribution in [1.82, 2.24) is 4.72 Å².